The first kappa shape index (κ1) is 15.5. The van der Waals surface area contributed by atoms with Crippen LogP contribution in [-0.4, -0.2) is 23.9 Å². The van der Waals surface area contributed by atoms with E-state index in [1.54, 1.807) is 0 Å². The fourth-order valence-electron chi connectivity index (χ4n) is 1.81. The summed E-state index contributed by atoms with van der Waals surface area (Å²) in [6.45, 7) is 1.84. The highest BCUT2D eigenvalue weighted by Crippen LogP contribution is 2.19. The Morgan fingerprint density at radius 1 is 1.30 bits per heavy atom. The molecule has 0 bridgehead atoms. The van der Waals surface area contributed by atoms with Crippen LogP contribution in [0.3, 0.4) is 0 Å². The molecule has 0 radical (unpaired) electrons. The van der Waals surface area contributed by atoms with Gasteiger partial charge in [0.05, 0.1) is 30.5 Å². The molecule has 0 aliphatic carbocycles. The molecular formula is C14H15FN4O. The van der Waals surface area contributed by atoms with Gasteiger partial charge in [0.25, 0.3) is 5.91 Å². The second kappa shape index (κ2) is 7.10. The van der Waals surface area contributed by atoms with Crippen molar-refractivity contribution in [1.82, 2.24) is 4.90 Å². The molecule has 0 atom stereocenters. The molecule has 104 valence electrons. The quantitative estimate of drug-likeness (QED) is 0.831. The minimum absolute atomic E-state index is 0.125. The summed E-state index contributed by atoms with van der Waals surface area (Å²) in [7, 11) is 0. The van der Waals surface area contributed by atoms with Crippen LogP contribution in [0.4, 0.5) is 10.1 Å². The van der Waals surface area contributed by atoms with E-state index in [1.165, 1.54) is 24.0 Å². The summed E-state index contributed by atoms with van der Waals surface area (Å²) in [6.07, 6.45) is 0.250. The fourth-order valence-corrected chi connectivity index (χ4v) is 1.81. The van der Waals surface area contributed by atoms with Crippen molar-refractivity contribution < 1.29 is 9.18 Å². The van der Waals surface area contributed by atoms with Crippen molar-refractivity contribution >= 4 is 11.6 Å². The van der Waals surface area contributed by atoms with Gasteiger partial charge >= 0.3 is 0 Å². The predicted molar refractivity (Wildman–Crippen MR) is 71.9 cm³/mol. The van der Waals surface area contributed by atoms with Gasteiger partial charge in [-0.1, -0.05) is 0 Å². The number of nitrogens with two attached hydrogens (primary N) is 1. The average molecular weight is 274 g/mol. The molecule has 0 aromatic heterocycles. The Labute approximate surface area is 117 Å². The van der Waals surface area contributed by atoms with Crippen molar-refractivity contribution in [1.29, 1.82) is 10.5 Å². The molecule has 6 heteroatoms. The van der Waals surface area contributed by atoms with Crippen LogP contribution in [0.2, 0.25) is 0 Å². The lowest BCUT2D eigenvalue weighted by atomic mass is 10.1. The van der Waals surface area contributed by atoms with E-state index in [2.05, 4.69) is 0 Å². The number of nitriles is 2. The van der Waals surface area contributed by atoms with Gasteiger partial charge in [-0.15, -0.1) is 0 Å². The maximum atomic E-state index is 14.0. The number of rotatable bonds is 5. The third-order valence-electron chi connectivity index (χ3n) is 2.78. The zero-order chi connectivity index (χ0) is 15.1. The number of carbonyl (C=O) groups excluding carboxylic acids is 1. The van der Waals surface area contributed by atoms with Crippen molar-refractivity contribution in [2.24, 2.45) is 0 Å². The molecule has 20 heavy (non-hydrogen) atoms. The van der Waals surface area contributed by atoms with E-state index >= 15 is 0 Å². The van der Waals surface area contributed by atoms with Gasteiger partial charge in [0.1, 0.15) is 5.82 Å². The minimum Gasteiger partial charge on any atom is -0.399 e. The first-order valence-electron chi connectivity index (χ1n) is 6.10. The summed E-state index contributed by atoms with van der Waals surface area (Å²) in [5.41, 5.74) is 6.08. The lowest BCUT2D eigenvalue weighted by Gasteiger charge is -2.21. The Morgan fingerprint density at radius 3 is 2.35 bits per heavy atom. The maximum Gasteiger partial charge on any atom is 0.256 e. The number of anilines is 1. The number of benzene rings is 1. The van der Waals surface area contributed by atoms with Gasteiger partial charge in [0.2, 0.25) is 0 Å². The highest BCUT2D eigenvalue weighted by molar-refractivity contribution is 5.95. The van der Waals surface area contributed by atoms with Crippen LogP contribution in [0.5, 0.6) is 0 Å². The molecule has 0 fully saturated rings. The zero-order valence-corrected chi connectivity index (χ0v) is 11.2. The summed E-state index contributed by atoms with van der Waals surface area (Å²) >= 11 is 0. The highest BCUT2D eigenvalue weighted by atomic mass is 19.1. The number of amides is 1. The number of halogens is 1. The van der Waals surface area contributed by atoms with E-state index in [0.29, 0.717) is 5.69 Å². The van der Waals surface area contributed by atoms with E-state index in [0.717, 1.165) is 0 Å². The molecule has 2 N–H and O–H groups in total. The summed E-state index contributed by atoms with van der Waals surface area (Å²) in [5, 5.41) is 17.2. The van der Waals surface area contributed by atoms with Gasteiger partial charge in [-0.3, -0.25) is 4.79 Å². The average Bonchev–Trinajstić information content (AvgIpc) is 2.42. The molecule has 1 amide bonds. The second-order valence-electron chi connectivity index (χ2n) is 4.31. The molecule has 0 heterocycles. The Balaban J connectivity index is 3.05. The molecule has 1 aromatic carbocycles. The van der Waals surface area contributed by atoms with Crippen molar-refractivity contribution in [3.8, 4) is 12.1 Å². The van der Waals surface area contributed by atoms with Crippen LogP contribution < -0.4 is 5.73 Å². The number of carbonyl (C=O) groups is 1. The standard InChI is InChI=1S/C14H15FN4O/c1-10-8-11(18)9-12(13(10)15)14(20)19(6-2-4-16)7-3-5-17/h8-9H,2-3,6-7,18H2,1H3. The van der Waals surface area contributed by atoms with Crippen LogP contribution in [0.1, 0.15) is 28.8 Å². The van der Waals surface area contributed by atoms with Gasteiger partial charge in [0.15, 0.2) is 0 Å². The first-order valence-corrected chi connectivity index (χ1v) is 6.10. The largest absolute Gasteiger partial charge is 0.399 e. The summed E-state index contributed by atoms with van der Waals surface area (Å²) in [5.74, 6) is -1.17. The minimum atomic E-state index is -0.622. The van der Waals surface area contributed by atoms with Crippen molar-refractivity contribution in [3.05, 3.63) is 29.1 Å². The smallest absolute Gasteiger partial charge is 0.256 e. The second-order valence-corrected chi connectivity index (χ2v) is 4.31. The maximum absolute atomic E-state index is 14.0. The fraction of sp³-hybridized carbons (Fsp3) is 0.357. The number of hydrogen-bond donors (Lipinski definition) is 1. The van der Waals surface area contributed by atoms with E-state index in [9.17, 15) is 9.18 Å². The van der Waals surface area contributed by atoms with Gasteiger partial charge in [0, 0.05) is 18.8 Å². The van der Waals surface area contributed by atoms with Crippen LogP contribution in [0, 0.1) is 35.4 Å². The number of aryl methyl sites for hydroxylation is 1. The van der Waals surface area contributed by atoms with Crippen LogP contribution in [-0.2, 0) is 0 Å². The van der Waals surface area contributed by atoms with Gasteiger partial charge in [-0.2, -0.15) is 10.5 Å². The molecule has 1 aromatic rings. The molecule has 0 saturated heterocycles. The Hall–Kier alpha value is -2.60. The number of nitrogens with zero attached hydrogens (tertiary/aromatic N) is 3. The van der Waals surface area contributed by atoms with E-state index in [-0.39, 0.29) is 37.1 Å². The van der Waals surface area contributed by atoms with E-state index in [1.807, 2.05) is 12.1 Å². The molecular weight excluding hydrogens is 259 g/mol. The zero-order valence-electron chi connectivity index (χ0n) is 11.2. The first-order chi connectivity index (χ1) is 9.51. The molecule has 1 rings (SSSR count). The van der Waals surface area contributed by atoms with Crippen LogP contribution in [0.15, 0.2) is 12.1 Å². The van der Waals surface area contributed by atoms with Gasteiger partial charge in [-0.05, 0) is 24.6 Å². The molecule has 0 aliphatic rings. The lowest BCUT2D eigenvalue weighted by molar-refractivity contribution is 0.0757. The summed E-state index contributed by atoms with van der Waals surface area (Å²) < 4.78 is 14.0. The molecule has 5 nitrogen and oxygen atoms in total. The van der Waals surface area contributed by atoms with Crippen molar-refractivity contribution in [2.75, 3.05) is 18.8 Å². The van der Waals surface area contributed by atoms with E-state index in [4.69, 9.17) is 16.3 Å². The third-order valence-corrected chi connectivity index (χ3v) is 2.78. The Kier molecular flexibility index (Phi) is 5.49. The SMILES string of the molecule is Cc1cc(N)cc(C(=O)N(CCC#N)CCC#N)c1F. The highest BCUT2D eigenvalue weighted by Gasteiger charge is 2.20. The summed E-state index contributed by atoms with van der Waals surface area (Å²) in [6, 6.07) is 6.57. The molecule has 0 unspecified atom stereocenters. The number of nitrogen functional groups attached to an aromatic ring is 1. The Morgan fingerprint density at radius 2 is 1.85 bits per heavy atom. The molecule has 0 spiro atoms. The predicted octanol–water partition coefficient (Wildman–Crippen LogP) is 1.99. The third kappa shape index (κ3) is 3.69. The van der Waals surface area contributed by atoms with Gasteiger partial charge in [-0.25, -0.2) is 4.39 Å². The topological polar surface area (TPSA) is 93.9 Å². The lowest BCUT2D eigenvalue weighted by Crippen LogP contribution is -2.33. The normalized spacial score (nSPS) is 9.60. The van der Waals surface area contributed by atoms with Crippen LogP contribution >= 0.6 is 0 Å². The summed E-state index contributed by atoms with van der Waals surface area (Å²) in [4.78, 5) is 13.6. The van der Waals surface area contributed by atoms with Crippen molar-refractivity contribution in [2.45, 2.75) is 19.8 Å². The van der Waals surface area contributed by atoms with Crippen LogP contribution in [0.25, 0.3) is 0 Å². The van der Waals surface area contributed by atoms with Crippen molar-refractivity contribution in [3.63, 3.8) is 0 Å². The van der Waals surface area contributed by atoms with E-state index < -0.39 is 11.7 Å². The monoisotopic (exact) mass is 274 g/mol. The Bertz CT molecular complexity index is 568. The molecule has 0 saturated carbocycles. The van der Waals surface area contributed by atoms with Gasteiger partial charge < -0.3 is 10.6 Å². The number of hydrogen-bond acceptors (Lipinski definition) is 4. The molecule has 0 aliphatic heterocycles.